The lowest BCUT2D eigenvalue weighted by Gasteiger charge is -2.12. The van der Waals surface area contributed by atoms with Crippen LogP contribution in [0.5, 0.6) is 5.75 Å². The molecule has 128 valence electrons. The van der Waals surface area contributed by atoms with Crippen molar-refractivity contribution in [3.63, 3.8) is 0 Å². The number of carbonyl (C=O) groups is 1. The number of carbonyl (C=O) groups excluding carboxylic acids is 1. The molecular formula is C16H19N3O4S. The number of nitrogens with zero attached hydrogens (tertiary/aromatic N) is 1. The third-order valence-electron chi connectivity index (χ3n) is 3.27. The Kier molecular flexibility index (Phi) is 5.88. The van der Waals surface area contributed by atoms with Crippen LogP contribution in [0, 0.1) is 0 Å². The van der Waals surface area contributed by atoms with Crippen molar-refractivity contribution in [1.82, 2.24) is 9.71 Å². The Hall–Kier alpha value is -2.45. The largest absolute Gasteiger partial charge is 0.495 e. The van der Waals surface area contributed by atoms with E-state index < -0.39 is 10.0 Å². The summed E-state index contributed by atoms with van der Waals surface area (Å²) < 4.78 is 32.5. The fourth-order valence-corrected chi connectivity index (χ4v) is 3.00. The molecule has 1 aromatic heterocycles. The molecule has 0 saturated heterocycles. The number of aromatic nitrogens is 1. The van der Waals surface area contributed by atoms with Gasteiger partial charge in [-0.1, -0.05) is 13.0 Å². The third kappa shape index (κ3) is 4.53. The maximum atomic E-state index is 12.4. The lowest BCUT2D eigenvalue weighted by molar-refractivity contribution is -0.115. The molecule has 0 unspecified atom stereocenters. The summed E-state index contributed by atoms with van der Waals surface area (Å²) in [6.45, 7) is 1.83. The number of methoxy groups -OCH3 is 1. The molecule has 8 heteroatoms. The van der Waals surface area contributed by atoms with Gasteiger partial charge in [-0.25, -0.2) is 13.1 Å². The second-order valence-corrected chi connectivity index (χ2v) is 6.72. The fourth-order valence-electron chi connectivity index (χ4n) is 1.95. The highest BCUT2D eigenvalue weighted by atomic mass is 32.2. The van der Waals surface area contributed by atoms with Gasteiger partial charge in [-0.15, -0.1) is 0 Å². The number of hydrogen-bond donors (Lipinski definition) is 2. The first-order chi connectivity index (χ1) is 11.5. The number of benzene rings is 1. The second-order valence-electron chi connectivity index (χ2n) is 4.95. The predicted octanol–water partition coefficient (Wildman–Crippen LogP) is 1.92. The average Bonchev–Trinajstić information content (AvgIpc) is 2.60. The summed E-state index contributed by atoms with van der Waals surface area (Å²) in [6, 6.07) is 7.81. The van der Waals surface area contributed by atoms with Crippen LogP contribution in [0.4, 0.5) is 5.69 Å². The first-order valence-corrected chi connectivity index (χ1v) is 8.81. The lowest BCUT2D eigenvalue weighted by atomic mass is 10.3. The standard InChI is InChI=1S/C16H19N3O4S/c1-3-16(20)19-14-9-13(6-7-15(14)23-2)24(21,22)18-11-12-5-4-8-17-10-12/h4-10,18H,3,11H2,1-2H3,(H,19,20). The molecule has 0 aliphatic heterocycles. The first-order valence-electron chi connectivity index (χ1n) is 7.32. The van der Waals surface area contributed by atoms with Gasteiger partial charge in [-0.2, -0.15) is 0 Å². The Morgan fingerprint density at radius 1 is 1.29 bits per heavy atom. The topological polar surface area (TPSA) is 97.4 Å². The van der Waals surface area contributed by atoms with Crippen molar-refractivity contribution in [3.8, 4) is 5.75 Å². The van der Waals surface area contributed by atoms with Crippen LogP contribution in [0.3, 0.4) is 0 Å². The van der Waals surface area contributed by atoms with Crippen LogP contribution < -0.4 is 14.8 Å². The Bertz CT molecular complexity index is 807. The number of rotatable bonds is 7. The predicted molar refractivity (Wildman–Crippen MR) is 90.2 cm³/mol. The molecule has 0 spiro atoms. The van der Waals surface area contributed by atoms with Crippen molar-refractivity contribution < 1.29 is 17.9 Å². The molecule has 0 atom stereocenters. The minimum absolute atomic E-state index is 0.0404. The first kappa shape index (κ1) is 17.9. The van der Waals surface area contributed by atoms with Gasteiger partial charge in [0.05, 0.1) is 17.7 Å². The molecule has 24 heavy (non-hydrogen) atoms. The molecule has 7 nitrogen and oxygen atoms in total. The number of pyridine rings is 1. The quantitative estimate of drug-likeness (QED) is 0.796. The highest BCUT2D eigenvalue weighted by Crippen LogP contribution is 2.27. The zero-order valence-corrected chi connectivity index (χ0v) is 14.3. The molecule has 2 N–H and O–H groups in total. The van der Waals surface area contributed by atoms with E-state index in [9.17, 15) is 13.2 Å². The van der Waals surface area contributed by atoms with Gasteiger partial charge in [0.15, 0.2) is 0 Å². The maximum absolute atomic E-state index is 12.4. The van der Waals surface area contributed by atoms with Gasteiger partial charge in [0, 0.05) is 25.4 Å². The lowest BCUT2D eigenvalue weighted by Crippen LogP contribution is -2.23. The Labute approximate surface area is 141 Å². The molecule has 0 radical (unpaired) electrons. The number of sulfonamides is 1. The van der Waals surface area contributed by atoms with Crippen LogP contribution in [0.2, 0.25) is 0 Å². The molecule has 0 aliphatic rings. The number of amides is 1. The maximum Gasteiger partial charge on any atom is 0.240 e. The molecule has 1 heterocycles. The zero-order valence-electron chi connectivity index (χ0n) is 13.4. The summed E-state index contributed by atoms with van der Waals surface area (Å²) in [6.07, 6.45) is 3.48. The van der Waals surface area contributed by atoms with Gasteiger partial charge >= 0.3 is 0 Å². The van der Waals surface area contributed by atoms with Crippen molar-refractivity contribution in [1.29, 1.82) is 0 Å². The molecule has 0 bridgehead atoms. The summed E-state index contributed by atoms with van der Waals surface area (Å²) in [5.74, 6) is 0.161. The van der Waals surface area contributed by atoms with Crippen LogP contribution in [-0.2, 0) is 21.4 Å². The molecular weight excluding hydrogens is 330 g/mol. The molecule has 2 aromatic rings. The Morgan fingerprint density at radius 2 is 2.08 bits per heavy atom. The van der Waals surface area contributed by atoms with Crippen molar-refractivity contribution >= 4 is 21.6 Å². The van der Waals surface area contributed by atoms with E-state index in [0.717, 1.165) is 5.56 Å². The van der Waals surface area contributed by atoms with Gasteiger partial charge in [0.25, 0.3) is 0 Å². The summed E-state index contributed by atoms with van der Waals surface area (Å²) >= 11 is 0. The number of nitrogens with one attached hydrogen (secondary N) is 2. The summed E-state index contributed by atoms with van der Waals surface area (Å²) in [5.41, 5.74) is 1.06. The normalized spacial score (nSPS) is 11.1. The van der Waals surface area contributed by atoms with Gasteiger partial charge < -0.3 is 10.1 Å². The Balaban J connectivity index is 2.23. The van der Waals surface area contributed by atoms with Crippen molar-refractivity contribution in [2.45, 2.75) is 24.8 Å². The Morgan fingerprint density at radius 3 is 2.71 bits per heavy atom. The average molecular weight is 349 g/mol. The monoisotopic (exact) mass is 349 g/mol. The number of hydrogen-bond acceptors (Lipinski definition) is 5. The smallest absolute Gasteiger partial charge is 0.240 e. The summed E-state index contributed by atoms with van der Waals surface area (Å²) in [4.78, 5) is 15.6. The van der Waals surface area contributed by atoms with E-state index in [1.165, 1.54) is 25.3 Å². The van der Waals surface area contributed by atoms with Crippen molar-refractivity contribution in [2.24, 2.45) is 0 Å². The van der Waals surface area contributed by atoms with E-state index in [2.05, 4.69) is 15.0 Å². The van der Waals surface area contributed by atoms with E-state index in [4.69, 9.17) is 4.74 Å². The van der Waals surface area contributed by atoms with E-state index in [1.807, 2.05) is 0 Å². The fraction of sp³-hybridized carbons (Fsp3) is 0.250. The second kappa shape index (κ2) is 7.89. The van der Waals surface area contributed by atoms with Gasteiger partial charge in [0.1, 0.15) is 5.75 Å². The van der Waals surface area contributed by atoms with Gasteiger partial charge in [-0.05, 0) is 29.8 Å². The van der Waals surface area contributed by atoms with Crippen LogP contribution in [0.15, 0.2) is 47.6 Å². The highest BCUT2D eigenvalue weighted by Gasteiger charge is 2.17. The SMILES string of the molecule is CCC(=O)Nc1cc(S(=O)(=O)NCc2cccnc2)ccc1OC. The van der Waals surface area contributed by atoms with Gasteiger partial charge in [-0.3, -0.25) is 9.78 Å². The molecule has 0 saturated carbocycles. The van der Waals surface area contributed by atoms with Crippen molar-refractivity contribution in [2.75, 3.05) is 12.4 Å². The molecule has 1 amide bonds. The van der Waals surface area contributed by atoms with Gasteiger partial charge in [0.2, 0.25) is 15.9 Å². The third-order valence-corrected chi connectivity index (χ3v) is 4.66. The molecule has 0 fully saturated rings. The van der Waals surface area contributed by atoms with Crippen molar-refractivity contribution in [3.05, 3.63) is 48.3 Å². The molecule has 1 aromatic carbocycles. The number of anilines is 1. The zero-order chi connectivity index (χ0) is 17.6. The van der Waals surface area contributed by atoms with E-state index in [1.54, 1.807) is 31.5 Å². The summed E-state index contributed by atoms with van der Waals surface area (Å²) in [5, 5.41) is 2.63. The van der Waals surface area contributed by atoms with Crippen LogP contribution in [-0.4, -0.2) is 26.4 Å². The van der Waals surface area contributed by atoms with Crippen LogP contribution >= 0.6 is 0 Å². The van der Waals surface area contributed by atoms with E-state index in [0.29, 0.717) is 11.4 Å². The molecule has 0 aliphatic carbocycles. The minimum atomic E-state index is -3.73. The minimum Gasteiger partial charge on any atom is -0.495 e. The van der Waals surface area contributed by atoms with Crippen LogP contribution in [0.25, 0.3) is 0 Å². The van der Waals surface area contributed by atoms with Crippen LogP contribution in [0.1, 0.15) is 18.9 Å². The van der Waals surface area contributed by atoms with E-state index >= 15 is 0 Å². The van der Waals surface area contributed by atoms with E-state index in [-0.39, 0.29) is 23.8 Å². The molecule has 2 rings (SSSR count). The summed E-state index contributed by atoms with van der Waals surface area (Å²) in [7, 11) is -2.28. The number of ether oxygens (including phenoxy) is 1. The highest BCUT2D eigenvalue weighted by molar-refractivity contribution is 7.89.